The summed E-state index contributed by atoms with van der Waals surface area (Å²) in [6.07, 6.45) is 4.31. The van der Waals surface area contributed by atoms with E-state index >= 15 is 0 Å². The summed E-state index contributed by atoms with van der Waals surface area (Å²) >= 11 is 0. The number of hydrogen-bond donors (Lipinski definition) is 1. The van der Waals surface area contributed by atoms with Gasteiger partial charge in [0, 0.05) is 38.4 Å². The van der Waals surface area contributed by atoms with Gasteiger partial charge in [0.2, 0.25) is 5.91 Å². The Labute approximate surface area is 179 Å². The second kappa shape index (κ2) is 11.1. The highest BCUT2D eigenvalue weighted by Crippen LogP contribution is 2.31. The fourth-order valence-corrected chi connectivity index (χ4v) is 4.21. The van der Waals surface area contributed by atoms with Crippen LogP contribution in [0.5, 0.6) is 5.75 Å². The molecular formula is C24H33N3O3. The van der Waals surface area contributed by atoms with Crippen LogP contribution in [-0.2, 0) is 16.1 Å². The average molecular weight is 412 g/mol. The van der Waals surface area contributed by atoms with Crippen molar-refractivity contribution in [2.75, 3.05) is 33.9 Å². The number of carbonyl (C=O) groups is 1. The predicted octanol–water partition coefficient (Wildman–Crippen LogP) is 3.50. The summed E-state index contributed by atoms with van der Waals surface area (Å²) in [5, 5.41) is 3.22. The highest BCUT2D eigenvalue weighted by molar-refractivity contribution is 5.76. The van der Waals surface area contributed by atoms with Crippen molar-refractivity contribution in [2.24, 2.45) is 5.92 Å². The van der Waals surface area contributed by atoms with E-state index < -0.39 is 0 Å². The fourth-order valence-electron chi connectivity index (χ4n) is 4.21. The Morgan fingerprint density at radius 3 is 2.90 bits per heavy atom. The van der Waals surface area contributed by atoms with E-state index in [0.29, 0.717) is 18.9 Å². The van der Waals surface area contributed by atoms with E-state index in [1.807, 2.05) is 24.3 Å². The van der Waals surface area contributed by atoms with Crippen LogP contribution in [0, 0.1) is 12.8 Å². The van der Waals surface area contributed by atoms with E-state index in [2.05, 4.69) is 34.3 Å². The number of ether oxygens (including phenoxy) is 2. The van der Waals surface area contributed by atoms with Crippen LogP contribution in [0.15, 0.2) is 42.6 Å². The molecule has 1 aliphatic rings. The van der Waals surface area contributed by atoms with Gasteiger partial charge in [0.05, 0.1) is 25.5 Å². The minimum absolute atomic E-state index is 0.00461. The highest BCUT2D eigenvalue weighted by Gasteiger charge is 2.30. The van der Waals surface area contributed by atoms with Gasteiger partial charge in [0.1, 0.15) is 5.75 Å². The summed E-state index contributed by atoms with van der Waals surface area (Å²) in [5.74, 6) is 1.23. The largest absolute Gasteiger partial charge is 0.496 e. The number of amides is 1. The van der Waals surface area contributed by atoms with Crippen molar-refractivity contribution < 1.29 is 14.3 Å². The van der Waals surface area contributed by atoms with Crippen molar-refractivity contribution >= 4 is 5.91 Å². The first-order chi connectivity index (χ1) is 14.6. The summed E-state index contributed by atoms with van der Waals surface area (Å²) in [7, 11) is 3.34. The van der Waals surface area contributed by atoms with Crippen molar-refractivity contribution in [3.8, 4) is 5.75 Å². The molecule has 1 N–H and O–H groups in total. The number of likely N-dealkylation sites (tertiary alicyclic amines) is 1. The molecule has 3 rings (SSSR count). The molecule has 2 atom stereocenters. The molecule has 30 heavy (non-hydrogen) atoms. The SMILES string of the molecule is COCCC(=O)N[C@@H](c1ccccn1)[C@@H]1CCCN(Cc2cc(C)ccc2OC)C1. The maximum Gasteiger partial charge on any atom is 0.222 e. The number of aromatic nitrogens is 1. The van der Waals surface area contributed by atoms with Gasteiger partial charge >= 0.3 is 0 Å². The number of nitrogens with one attached hydrogen (secondary N) is 1. The van der Waals surface area contributed by atoms with Gasteiger partial charge in [-0.15, -0.1) is 0 Å². The molecule has 1 aromatic carbocycles. The molecule has 0 spiro atoms. The van der Waals surface area contributed by atoms with Crippen molar-refractivity contribution in [1.29, 1.82) is 0 Å². The fraction of sp³-hybridized carbons (Fsp3) is 0.500. The standard InChI is InChI=1S/C24H33N3O3/c1-18-9-10-22(30-3)20(15-18)17-27-13-6-7-19(16-27)24(21-8-4-5-12-25-21)26-23(28)11-14-29-2/h4-5,8-10,12,15,19,24H,6-7,11,13-14,16-17H2,1-3H3,(H,26,28)/t19-,24-/m1/s1. The van der Waals surface area contributed by atoms with Gasteiger partial charge in [-0.2, -0.15) is 0 Å². The van der Waals surface area contributed by atoms with E-state index in [0.717, 1.165) is 43.9 Å². The monoisotopic (exact) mass is 411 g/mol. The zero-order chi connectivity index (χ0) is 21.3. The summed E-state index contributed by atoms with van der Waals surface area (Å²) in [4.78, 5) is 19.5. The zero-order valence-electron chi connectivity index (χ0n) is 18.3. The van der Waals surface area contributed by atoms with Crippen LogP contribution in [0.2, 0.25) is 0 Å². The van der Waals surface area contributed by atoms with Gasteiger partial charge in [0.25, 0.3) is 0 Å². The number of carbonyl (C=O) groups excluding carboxylic acids is 1. The highest BCUT2D eigenvalue weighted by atomic mass is 16.5. The molecule has 162 valence electrons. The maximum absolute atomic E-state index is 12.5. The van der Waals surface area contributed by atoms with Crippen LogP contribution < -0.4 is 10.1 Å². The van der Waals surface area contributed by atoms with E-state index in [4.69, 9.17) is 9.47 Å². The van der Waals surface area contributed by atoms with E-state index in [1.165, 1.54) is 11.1 Å². The molecule has 1 aromatic heterocycles. The Hall–Kier alpha value is -2.44. The quantitative estimate of drug-likeness (QED) is 0.684. The van der Waals surface area contributed by atoms with Crippen LogP contribution in [0.3, 0.4) is 0 Å². The Balaban J connectivity index is 1.74. The molecule has 0 bridgehead atoms. The van der Waals surface area contributed by atoms with Crippen LogP contribution >= 0.6 is 0 Å². The molecule has 6 heteroatoms. The normalized spacial score (nSPS) is 18.0. The number of methoxy groups -OCH3 is 2. The lowest BCUT2D eigenvalue weighted by Gasteiger charge is -2.37. The molecule has 2 aromatic rings. The van der Waals surface area contributed by atoms with Crippen molar-refractivity contribution in [3.63, 3.8) is 0 Å². The third-order valence-corrected chi connectivity index (χ3v) is 5.70. The van der Waals surface area contributed by atoms with Crippen molar-refractivity contribution in [1.82, 2.24) is 15.2 Å². The number of rotatable bonds is 9. The van der Waals surface area contributed by atoms with Crippen LogP contribution in [0.4, 0.5) is 0 Å². The summed E-state index contributed by atoms with van der Waals surface area (Å²) in [5.41, 5.74) is 3.36. The second-order valence-electron chi connectivity index (χ2n) is 8.00. The summed E-state index contributed by atoms with van der Waals surface area (Å²) < 4.78 is 10.6. The summed E-state index contributed by atoms with van der Waals surface area (Å²) in [6, 6.07) is 12.1. The topological polar surface area (TPSA) is 63.7 Å². The molecule has 6 nitrogen and oxygen atoms in total. The molecule has 2 heterocycles. The molecule has 1 saturated heterocycles. The van der Waals surface area contributed by atoms with E-state index in [1.54, 1.807) is 20.4 Å². The van der Waals surface area contributed by atoms with Crippen LogP contribution in [0.25, 0.3) is 0 Å². The maximum atomic E-state index is 12.5. The Morgan fingerprint density at radius 1 is 1.30 bits per heavy atom. The van der Waals surface area contributed by atoms with Crippen molar-refractivity contribution in [3.05, 3.63) is 59.4 Å². The Morgan fingerprint density at radius 2 is 2.17 bits per heavy atom. The van der Waals surface area contributed by atoms with Gasteiger partial charge in [-0.05, 0) is 50.4 Å². The lowest BCUT2D eigenvalue weighted by Crippen LogP contribution is -2.43. The lowest BCUT2D eigenvalue weighted by atomic mass is 9.88. The minimum Gasteiger partial charge on any atom is -0.496 e. The molecule has 1 aliphatic heterocycles. The van der Waals surface area contributed by atoms with E-state index in [9.17, 15) is 4.79 Å². The van der Waals surface area contributed by atoms with Gasteiger partial charge in [-0.3, -0.25) is 14.7 Å². The van der Waals surface area contributed by atoms with Gasteiger partial charge in [0.15, 0.2) is 0 Å². The first kappa shape index (κ1) is 22.2. The number of benzene rings is 1. The lowest BCUT2D eigenvalue weighted by molar-refractivity contribution is -0.123. The minimum atomic E-state index is -0.0993. The van der Waals surface area contributed by atoms with Crippen LogP contribution in [0.1, 0.15) is 42.1 Å². The number of piperidine rings is 1. The number of pyridine rings is 1. The van der Waals surface area contributed by atoms with Crippen LogP contribution in [-0.4, -0.2) is 49.7 Å². The molecule has 1 amide bonds. The molecule has 0 saturated carbocycles. The third kappa shape index (κ3) is 6.03. The first-order valence-electron chi connectivity index (χ1n) is 10.7. The third-order valence-electron chi connectivity index (χ3n) is 5.70. The summed E-state index contributed by atoms with van der Waals surface area (Å²) in [6.45, 7) is 5.32. The smallest absolute Gasteiger partial charge is 0.222 e. The number of hydrogen-bond acceptors (Lipinski definition) is 5. The second-order valence-corrected chi connectivity index (χ2v) is 8.00. The van der Waals surface area contributed by atoms with E-state index in [-0.39, 0.29) is 11.9 Å². The molecule has 0 aliphatic carbocycles. The first-order valence-corrected chi connectivity index (χ1v) is 10.7. The van der Waals surface area contributed by atoms with Gasteiger partial charge < -0.3 is 14.8 Å². The van der Waals surface area contributed by atoms with Gasteiger partial charge in [-0.1, -0.05) is 23.8 Å². The Kier molecular flexibility index (Phi) is 8.22. The average Bonchev–Trinajstić information content (AvgIpc) is 2.77. The number of aryl methyl sites for hydroxylation is 1. The van der Waals surface area contributed by atoms with Gasteiger partial charge in [-0.25, -0.2) is 0 Å². The zero-order valence-corrected chi connectivity index (χ0v) is 18.3. The number of nitrogens with zero attached hydrogens (tertiary/aromatic N) is 2. The molecule has 1 fully saturated rings. The van der Waals surface area contributed by atoms with Crippen molar-refractivity contribution in [2.45, 2.75) is 38.8 Å². The molecule has 0 radical (unpaired) electrons. The molecule has 0 unspecified atom stereocenters. The predicted molar refractivity (Wildman–Crippen MR) is 117 cm³/mol. The molecular weight excluding hydrogens is 378 g/mol. The Bertz CT molecular complexity index is 813.